The highest BCUT2D eigenvalue weighted by Crippen LogP contribution is 2.44. The third-order valence-corrected chi connectivity index (χ3v) is 9.78. The van der Waals surface area contributed by atoms with Crippen molar-refractivity contribution in [3.8, 4) is 22.3 Å². The smallest absolute Gasteiger partial charge is 0.252 e. The largest absolute Gasteiger partial charge is 0.311 e. The molecule has 7 aromatic carbocycles. The topological polar surface area (TPSA) is 6.48 Å². The van der Waals surface area contributed by atoms with E-state index in [0.717, 1.165) is 5.69 Å². The SMILES string of the molecule is Cc1ccc(N2c3ccc(C)cc3B3c4cc(-c5ccccc5)ccc4N(c4ccc(-c5ccccc5)cc4)c4cccc2c43)cc1. The molecule has 0 saturated heterocycles. The summed E-state index contributed by atoms with van der Waals surface area (Å²) in [5.41, 5.74) is 18.7. The van der Waals surface area contributed by atoms with Gasteiger partial charge in [0.15, 0.2) is 0 Å². The van der Waals surface area contributed by atoms with Crippen LogP contribution >= 0.6 is 0 Å². The van der Waals surface area contributed by atoms with Crippen molar-refractivity contribution in [2.75, 3.05) is 9.80 Å². The molecule has 0 bridgehead atoms. The van der Waals surface area contributed by atoms with Gasteiger partial charge in [-0.1, -0.05) is 126 Å². The van der Waals surface area contributed by atoms with Crippen molar-refractivity contribution in [2.24, 2.45) is 0 Å². The van der Waals surface area contributed by atoms with Crippen molar-refractivity contribution in [2.45, 2.75) is 13.8 Å². The first kappa shape index (κ1) is 27.5. The van der Waals surface area contributed by atoms with Crippen LogP contribution in [-0.4, -0.2) is 6.71 Å². The lowest BCUT2D eigenvalue weighted by molar-refractivity contribution is 1.25. The second-order valence-electron chi connectivity index (χ2n) is 12.8. The Hall–Kier alpha value is -5.80. The Morgan fingerprint density at radius 2 is 0.830 bits per heavy atom. The molecular formula is C44H33BN2. The Kier molecular flexibility index (Phi) is 6.40. The van der Waals surface area contributed by atoms with E-state index < -0.39 is 0 Å². The zero-order valence-corrected chi connectivity index (χ0v) is 26.6. The van der Waals surface area contributed by atoms with Gasteiger partial charge in [-0.05, 0) is 101 Å². The molecule has 7 aromatic rings. The van der Waals surface area contributed by atoms with Gasteiger partial charge in [0.1, 0.15) is 0 Å². The predicted molar refractivity (Wildman–Crippen MR) is 201 cm³/mol. The molecule has 2 aliphatic heterocycles. The van der Waals surface area contributed by atoms with Crippen molar-refractivity contribution in [1.82, 2.24) is 0 Å². The van der Waals surface area contributed by atoms with Crippen LogP contribution in [0.1, 0.15) is 11.1 Å². The molecule has 0 spiro atoms. The summed E-state index contributed by atoms with van der Waals surface area (Å²) in [4.78, 5) is 4.94. The molecule has 0 atom stereocenters. The van der Waals surface area contributed by atoms with Crippen LogP contribution < -0.4 is 26.2 Å². The van der Waals surface area contributed by atoms with Gasteiger partial charge < -0.3 is 9.80 Å². The van der Waals surface area contributed by atoms with Crippen LogP contribution in [0.5, 0.6) is 0 Å². The van der Waals surface area contributed by atoms with Crippen LogP contribution in [0.2, 0.25) is 0 Å². The fourth-order valence-corrected chi connectivity index (χ4v) is 7.56. The summed E-state index contributed by atoms with van der Waals surface area (Å²) < 4.78 is 0. The van der Waals surface area contributed by atoms with Gasteiger partial charge in [-0.3, -0.25) is 0 Å². The number of fused-ring (bicyclic) bond motifs is 4. The van der Waals surface area contributed by atoms with Crippen LogP contribution in [0.15, 0.2) is 164 Å². The molecule has 2 heterocycles. The van der Waals surface area contributed by atoms with Crippen molar-refractivity contribution in [3.63, 3.8) is 0 Å². The first-order chi connectivity index (χ1) is 23.1. The molecule has 9 rings (SSSR count). The summed E-state index contributed by atoms with van der Waals surface area (Å²) in [6.45, 7) is 4.46. The molecule has 222 valence electrons. The Bertz CT molecular complexity index is 2260. The van der Waals surface area contributed by atoms with E-state index in [0.29, 0.717) is 0 Å². The average Bonchev–Trinajstić information content (AvgIpc) is 3.13. The van der Waals surface area contributed by atoms with Crippen molar-refractivity contribution in [1.29, 1.82) is 0 Å². The third kappa shape index (κ3) is 4.50. The van der Waals surface area contributed by atoms with E-state index in [1.807, 2.05) is 0 Å². The lowest BCUT2D eigenvalue weighted by Gasteiger charge is -2.44. The van der Waals surface area contributed by atoms with E-state index in [-0.39, 0.29) is 6.71 Å². The summed E-state index contributed by atoms with van der Waals surface area (Å²) in [5.74, 6) is 0. The normalized spacial score (nSPS) is 12.8. The molecule has 0 fully saturated rings. The second-order valence-corrected chi connectivity index (χ2v) is 12.8. The quantitative estimate of drug-likeness (QED) is 0.186. The molecule has 0 saturated carbocycles. The van der Waals surface area contributed by atoms with E-state index >= 15 is 0 Å². The number of hydrogen-bond donors (Lipinski definition) is 0. The maximum absolute atomic E-state index is 2.47. The lowest BCUT2D eigenvalue weighted by Crippen LogP contribution is -2.61. The molecule has 2 aliphatic rings. The summed E-state index contributed by atoms with van der Waals surface area (Å²) in [6.07, 6.45) is 0. The average molecular weight is 601 g/mol. The molecule has 0 aliphatic carbocycles. The highest BCUT2D eigenvalue weighted by molar-refractivity contribution is 7.00. The molecule has 47 heavy (non-hydrogen) atoms. The monoisotopic (exact) mass is 600 g/mol. The first-order valence-electron chi connectivity index (χ1n) is 16.4. The summed E-state index contributed by atoms with van der Waals surface area (Å²) >= 11 is 0. The van der Waals surface area contributed by atoms with Gasteiger partial charge in [-0.25, -0.2) is 0 Å². The highest BCUT2D eigenvalue weighted by Gasteiger charge is 2.43. The van der Waals surface area contributed by atoms with Gasteiger partial charge in [0.05, 0.1) is 0 Å². The zero-order valence-electron chi connectivity index (χ0n) is 26.6. The van der Waals surface area contributed by atoms with Crippen LogP contribution in [0.4, 0.5) is 34.1 Å². The van der Waals surface area contributed by atoms with Crippen LogP contribution in [-0.2, 0) is 0 Å². The van der Waals surface area contributed by atoms with Crippen molar-refractivity contribution in [3.05, 3.63) is 175 Å². The van der Waals surface area contributed by atoms with Crippen LogP contribution in [0, 0.1) is 13.8 Å². The van der Waals surface area contributed by atoms with Gasteiger partial charge in [0.2, 0.25) is 0 Å². The Balaban J connectivity index is 1.31. The lowest BCUT2D eigenvalue weighted by atomic mass is 9.33. The first-order valence-corrected chi connectivity index (χ1v) is 16.4. The van der Waals surface area contributed by atoms with E-state index in [9.17, 15) is 0 Å². The van der Waals surface area contributed by atoms with Crippen LogP contribution in [0.3, 0.4) is 0 Å². The van der Waals surface area contributed by atoms with E-state index in [1.54, 1.807) is 0 Å². The molecule has 3 heteroatoms. The fourth-order valence-electron chi connectivity index (χ4n) is 7.56. The van der Waals surface area contributed by atoms with Crippen molar-refractivity contribution >= 4 is 57.2 Å². The number of hydrogen-bond acceptors (Lipinski definition) is 2. The summed E-state index contributed by atoms with van der Waals surface area (Å²) in [6, 6.07) is 60.2. The number of benzene rings is 7. The minimum Gasteiger partial charge on any atom is -0.311 e. The minimum atomic E-state index is 0.0938. The number of nitrogens with zero attached hydrogens (tertiary/aromatic N) is 2. The molecule has 0 radical (unpaired) electrons. The predicted octanol–water partition coefficient (Wildman–Crippen LogP) is 9.72. The van der Waals surface area contributed by atoms with E-state index in [4.69, 9.17) is 0 Å². The van der Waals surface area contributed by atoms with Gasteiger partial charge in [-0.15, -0.1) is 0 Å². The Labute approximate surface area is 277 Å². The molecule has 0 unspecified atom stereocenters. The maximum Gasteiger partial charge on any atom is 0.252 e. The standard InChI is InChI=1S/C44H33BN2/c1-30-16-22-36(23-17-30)46-40-26-18-31(2)28-38(40)45-39-29-35(33-12-7-4-8-13-33)21-27-41(39)47(43-15-9-14-42(46)44(43)45)37-24-19-34(20-25-37)32-10-5-3-6-11-32/h3-29H,1-2H3. The number of rotatable bonds is 4. The Morgan fingerprint density at radius 3 is 1.45 bits per heavy atom. The van der Waals surface area contributed by atoms with E-state index in [1.165, 1.54) is 78.2 Å². The van der Waals surface area contributed by atoms with Crippen molar-refractivity contribution < 1.29 is 0 Å². The maximum atomic E-state index is 2.47. The van der Waals surface area contributed by atoms with Gasteiger partial charge in [-0.2, -0.15) is 0 Å². The zero-order chi connectivity index (χ0) is 31.5. The molecular weight excluding hydrogens is 567 g/mol. The third-order valence-electron chi connectivity index (χ3n) is 9.78. The van der Waals surface area contributed by atoms with Crippen LogP contribution in [0.25, 0.3) is 22.3 Å². The van der Waals surface area contributed by atoms with Gasteiger partial charge >= 0.3 is 0 Å². The highest BCUT2D eigenvalue weighted by atomic mass is 15.2. The van der Waals surface area contributed by atoms with Gasteiger partial charge in [0, 0.05) is 34.1 Å². The number of anilines is 6. The minimum absolute atomic E-state index is 0.0938. The Morgan fingerprint density at radius 1 is 0.362 bits per heavy atom. The molecule has 0 N–H and O–H groups in total. The second kappa shape index (κ2) is 10.9. The fraction of sp³-hybridized carbons (Fsp3) is 0.0455. The van der Waals surface area contributed by atoms with E-state index in [2.05, 4.69) is 187 Å². The summed E-state index contributed by atoms with van der Waals surface area (Å²) in [7, 11) is 0. The molecule has 2 nitrogen and oxygen atoms in total. The molecule has 0 amide bonds. The van der Waals surface area contributed by atoms with Gasteiger partial charge in [0.25, 0.3) is 6.71 Å². The molecule has 0 aromatic heterocycles. The summed E-state index contributed by atoms with van der Waals surface area (Å²) in [5, 5.41) is 0. The number of aryl methyl sites for hydroxylation is 2.